The fourth-order valence-electron chi connectivity index (χ4n) is 4.22. The molecule has 1 aromatic rings. The first kappa shape index (κ1) is 21.4. The van der Waals surface area contributed by atoms with Gasteiger partial charge in [-0.05, 0) is 45.7 Å². The van der Waals surface area contributed by atoms with E-state index in [4.69, 9.17) is 4.52 Å². The minimum atomic E-state index is 0. The summed E-state index contributed by atoms with van der Waals surface area (Å²) < 4.78 is 5.15. The number of hydrogen-bond acceptors (Lipinski definition) is 5. The van der Waals surface area contributed by atoms with Crippen LogP contribution in [-0.2, 0) is 6.54 Å². The van der Waals surface area contributed by atoms with Crippen molar-refractivity contribution in [3.8, 4) is 0 Å². The number of nitrogens with zero attached hydrogens (tertiary/aromatic N) is 4. The van der Waals surface area contributed by atoms with Crippen LogP contribution in [0.3, 0.4) is 0 Å². The van der Waals surface area contributed by atoms with Crippen molar-refractivity contribution in [1.29, 1.82) is 0 Å². The van der Waals surface area contributed by atoms with Crippen LogP contribution >= 0.6 is 24.0 Å². The van der Waals surface area contributed by atoms with E-state index in [1.54, 1.807) is 0 Å². The number of piperidine rings is 1. The van der Waals surface area contributed by atoms with Crippen LogP contribution in [-0.4, -0.2) is 53.2 Å². The van der Waals surface area contributed by atoms with Crippen LogP contribution in [0.15, 0.2) is 9.52 Å². The van der Waals surface area contributed by atoms with Gasteiger partial charge in [-0.15, -0.1) is 24.0 Å². The normalized spacial score (nSPS) is 21.1. The zero-order valence-corrected chi connectivity index (χ0v) is 18.4. The minimum Gasteiger partial charge on any atom is -0.355 e. The van der Waals surface area contributed by atoms with Gasteiger partial charge in [-0.3, -0.25) is 9.89 Å². The molecule has 7 nitrogen and oxygen atoms in total. The third-order valence-corrected chi connectivity index (χ3v) is 5.60. The first-order chi connectivity index (χ1) is 12.2. The van der Waals surface area contributed by atoms with Crippen molar-refractivity contribution in [2.45, 2.75) is 70.4 Å². The molecule has 3 rings (SSSR count). The first-order valence-corrected chi connectivity index (χ1v) is 9.71. The van der Waals surface area contributed by atoms with Gasteiger partial charge in [0.15, 0.2) is 11.8 Å². The summed E-state index contributed by atoms with van der Waals surface area (Å²) in [5.41, 5.74) is 0.289. The number of hydrogen-bond donors (Lipinski definition) is 2. The van der Waals surface area contributed by atoms with Gasteiger partial charge in [-0.2, -0.15) is 4.98 Å². The lowest BCUT2D eigenvalue weighted by Gasteiger charge is -2.48. The molecule has 1 aromatic heterocycles. The van der Waals surface area contributed by atoms with Crippen LogP contribution in [0, 0.1) is 6.92 Å². The predicted molar refractivity (Wildman–Crippen MR) is 114 cm³/mol. The summed E-state index contributed by atoms with van der Waals surface area (Å²) in [4.78, 5) is 11.3. The van der Waals surface area contributed by atoms with Gasteiger partial charge in [0.2, 0.25) is 5.89 Å². The first-order valence-electron chi connectivity index (χ1n) is 9.71. The average molecular weight is 476 g/mol. The minimum absolute atomic E-state index is 0. The van der Waals surface area contributed by atoms with E-state index in [1.165, 1.54) is 64.5 Å². The van der Waals surface area contributed by atoms with Crippen molar-refractivity contribution >= 4 is 29.9 Å². The lowest BCUT2D eigenvalue weighted by molar-refractivity contribution is 0.0368. The molecule has 0 aromatic carbocycles. The van der Waals surface area contributed by atoms with Crippen LogP contribution in [0.25, 0.3) is 0 Å². The van der Waals surface area contributed by atoms with E-state index in [-0.39, 0.29) is 29.5 Å². The van der Waals surface area contributed by atoms with E-state index in [0.29, 0.717) is 18.3 Å². The summed E-state index contributed by atoms with van der Waals surface area (Å²) in [6.07, 6.45) is 10.7. The second-order valence-electron chi connectivity index (χ2n) is 7.35. The van der Waals surface area contributed by atoms with Gasteiger partial charge in [0, 0.05) is 19.1 Å². The van der Waals surface area contributed by atoms with Crippen LogP contribution in [0.2, 0.25) is 0 Å². The van der Waals surface area contributed by atoms with E-state index in [0.717, 1.165) is 12.5 Å². The standard InChI is InChI=1S/C18H32N6O.HI/c1-15-22-16(25-23-15)13-20-17(19-2)21-14-18(9-5-3-6-10-18)24-11-7-4-8-12-24;/h3-14H2,1-2H3,(H2,19,20,21);1H. The Labute approximate surface area is 173 Å². The largest absolute Gasteiger partial charge is 0.355 e. The van der Waals surface area contributed by atoms with Crippen molar-refractivity contribution in [2.24, 2.45) is 4.99 Å². The maximum atomic E-state index is 5.15. The molecule has 2 N–H and O–H groups in total. The molecule has 0 unspecified atom stereocenters. The third-order valence-electron chi connectivity index (χ3n) is 5.60. The molecular weight excluding hydrogens is 443 g/mol. The molecule has 1 aliphatic heterocycles. The maximum Gasteiger partial charge on any atom is 0.246 e. The summed E-state index contributed by atoms with van der Waals surface area (Å²) in [5, 5.41) is 10.7. The summed E-state index contributed by atoms with van der Waals surface area (Å²) in [7, 11) is 1.81. The molecule has 8 heteroatoms. The summed E-state index contributed by atoms with van der Waals surface area (Å²) >= 11 is 0. The van der Waals surface area contributed by atoms with E-state index in [2.05, 4.69) is 30.7 Å². The number of likely N-dealkylation sites (tertiary alicyclic amines) is 1. The van der Waals surface area contributed by atoms with E-state index in [9.17, 15) is 0 Å². The number of aromatic nitrogens is 2. The zero-order valence-electron chi connectivity index (χ0n) is 16.1. The second-order valence-corrected chi connectivity index (χ2v) is 7.35. The van der Waals surface area contributed by atoms with Gasteiger partial charge in [-0.1, -0.05) is 30.8 Å². The molecule has 148 valence electrons. The molecule has 26 heavy (non-hydrogen) atoms. The Morgan fingerprint density at radius 3 is 2.42 bits per heavy atom. The number of aliphatic imine (C=N–C) groups is 1. The van der Waals surface area contributed by atoms with Gasteiger partial charge in [0.05, 0.1) is 6.54 Å². The van der Waals surface area contributed by atoms with Gasteiger partial charge < -0.3 is 15.2 Å². The maximum absolute atomic E-state index is 5.15. The molecule has 2 heterocycles. The van der Waals surface area contributed by atoms with Crippen LogP contribution in [0.5, 0.6) is 0 Å². The van der Waals surface area contributed by atoms with Crippen LogP contribution in [0.1, 0.15) is 63.1 Å². The van der Waals surface area contributed by atoms with Crippen LogP contribution < -0.4 is 10.6 Å². The molecule has 1 saturated carbocycles. The molecule has 0 amide bonds. The fourth-order valence-corrected chi connectivity index (χ4v) is 4.22. The molecule has 1 saturated heterocycles. The Kier molecular flexibility index (Phi) is 8.59. The lowest BCUT2D eigenvalue weighted by Crippen LogP contribution is -2.59. The highest BCUT2D eigenvalue weighted by molar-refractivity contribution is 14.0. The van der Waals surface area contributed by atoms with Gasteiger partial charge in [0.25, 0.3) is 0 Å². The van der Waals surface area contributed by atoms with Crippen LogP contribution in [0.4, 0.5) is 0 Å². The van der Waals surface area contributed by atoms with E-state index >= 15 is 0 Å². The summed E-state index contributed by atoms with van der Waals surface area (Å²) in [6, 6.07) is 0. The van der Waals surface area contributed by atoms with Crippen molar-refractivity contribution in [3.05, 3.63) is 11.7 Å². The predicted octanol–water partition coefficient (Wildman–Crippen LogP) is 2.85. The van der Waals surface area contributed by atoms with Gasteiger partial charge >= 0.3 is 0 Å². The van der Waals surface area contributed by atoms with Gasteiger partial charge in [0.1, 0.15) is 0 Å². The van der Waals surface area contributed by atoms with Crippen molar-refractivity contribution in [3.63, 3.8) is 0 Å². The smallest absolute Gasteiger partial charge is 0.246 e. The number of nitrogens with one attached hydrogen (secondary N) is 2. The number of halogens is 1. The summed E-state index contributed by atoms with van der Waals surface area (Å²) in [5.74, 6) is 2.05. The highest BCUT2D eigenvalue weighted by Gasteiger charge is 2.38. The number of guanidine groups is 1. The molecule has 0 bridgehead atoms. The Morgan fingerprint density at radius 2 is 1.81 bits per heavy atom. The quantitative estimate of drug-likeness (QED) is 0.387. The van der Waals surface area contributed by atoms with Crippen molar-refractivity contribution in [1.82, 2.24) is 25.7 Å². The van der Waals surface area contributed by atoms with E-state index < -0.39 is 0 Å². The molecule has 0 radical (unpaired) electrons. The molecule has 0 atom stereocenters. The number of aryl methyl sites for hydroxylation is 1. The molecule has 2 fully saturated rings. The Balaban J connectivity index is 0.00000243. The molecule has 0 spiro atoms. The molecular formula is C18H33IN6O. The third kappa shape index (κ3) is 5.55. The fraction of sp³-hybridized carbons (Fsp3) is 0.833. The SMILES string of the molecule is CN=C(NCc1nc(C)no1)NCC1(N2CCCCC2)CCCCC1.I. The molecule has 1 aliphatic carbocycles. The average Bonchev–Trinajstić information content (AvgIpc) is 3.08. The summed E-state index contributed by atoms with van der Waals surface area (Å²) in [6.45, 7) is 5.77. The Morgan fingerprint density at radius 1 is 1.12 bits per heavy atom. The zero-order chi connectivity index (χ0) is 17.5. The highest BCUT2D eigenvalue weighted by atomic mass is 127. The molecule has 2 aliphatic rings. The second kappa shape index (κ2) is 10.4. The monoisotopic (exact) mass is 476 g/mol. The Bertz CT molecular complexity index is 564. The topological polar surface area (TPSA) is 78.6 Å². The number of rotatable bonds is 5. The van der Waals surface area contributed by atoms with E-state index in [1.807, 2.05) is 14.0 Å². The van der Waals surface area contributed by atoms with Gasteiger partial charge in [-0.25, -0.2) is 0 Å². The van der Waals surface area contributed by atoms with Crippen molar-refractivity contribution < 1.29 is 4.52 Å². The Hall–Kier alpha value is -0.900. The van der Waals surface area contributed by atoms with Crippen molar-refractivity contribution in [2.75, 3.05) is 26.7 Å². The lowest BCUT2D eigenvalue weighted by atomic mass is 9.79. The highest BCUT2D eigenvalue weighted by Crippen LogP contribution is 2.35.